The van der Waals surface area contributed by atoms with Gasteiger partial charge in [0.05, 0.1) is 17.8 Å². The molecule has 7 heteroatoms. The van der Waals surface area contributed by atoms with E-state index in [0.717, 1.165) is 21.8 Å². The van der Waals surface area contributed by atoms with Crippen molar-refractivity contribution in [2.75, 3.05) is 0 Å². The van der Waals surface area contributed by atoms with Crippen molar-refractivity contribution >= 4 is 22.4 Å². The van der Waals surface area contributed by atoms with Gasteiger partial charge >= 0.3 is 5.76 Å². The van der Waals surface area contributed by atoms with Gasteiger partial charge in [0.15, 0.2) is 5.58 Å². The number of benzene rings is 1. The van der Waals surface area contributed by atoms with Gasteiger partial charge in [-0.15, -0.1) is 11.3 Å². The Morgan fingerprint density at radius 1 is 1.25 bits per heavy atom. The molecular formula is C17H13N3O3S. The first-order valence-electron chi connectivity index (χ1n) is 7.33. The number of aryl methyl sites for hydroxylation is 1. The van der Waals surface area contributed by atoms with Crippen molar-refractivity contribution in [1.82, 2.24) is 14.5 Å². The number of fused-ring (bicyclic) bond motifs is 1. The fourth-order valence-electron chi connectivity index (χ4n) is 2.50. The fourth-order valence-corrected chi connectivity index (χ4v) is 3.31. The Balaban J connectivity index is 1.65. The van der Waals surface area contributed by atoms with Crippen LogP contribution in [-0.4, -0.2) is 14.5 Å². The van der Waals surface area contributed by atoms with Gasteiger partial charge in [-0.25, -0.2) is 9.78 Å². The molecule has 0 aliphatic rings. The van der Waals surface area contributed by atoms with Crippen LogP contribution in [0.5, 0.6) is 0 Å². The Kier molecular flexibility index (Phi) is 3.42. The number of hydrogen-bond acceptors (Lipinski definition) is 5. The van der Waals surface area contributed by atoms with Crippen LogP contribution >= 0.6 is 11.3 Å². The zero-order chi connectivity index (χ0) is 16.7. The van der Waals surface area contributed by atoms with Gasteiger partial charge in [-0.05, 0) is 30.7 Å². The first-order valence-corrected chi connectivity index (χ1v) is 8.21. The average Bonchev–Trinajstić information content (AvgIpc) is 3.14. The highest BCUT2D eigenvalue weighted by molar-refractivity contribution is 7.09. The zero-order valence-corrected chi connectivity index (χ0v) is 13.6. The van der Waals surface area contributed by atoms with Gasteiger partial charge in [0, 0.05) is 23.2 Å². The SMILES string of the molecule is Cc1ccn(Cc2nc(-c3ccc4[nH]c(=O)oc4c3)cs2)c(=O)c1. The van der Waals surface area contributed by atoms with E-state index in [1.165, 1.54) is 11.3 Å². The normalized spacial score (nSPS) is 11.2. The first kappa shape index (κ1) is 14.6. The zero-order valence-electron chi connectivity index (χ0n) is 12.8. The van der Waals surface area contributed by atoms with E-state index in [1.807, 2.05) is 24.4 Å². The molecule has 0 unspecified atom stereocenters. The quantitative estimate of drug-likeness (QED) is 0.622. The van der Waals surface area contributed by atoms with E-state index in [2.05, 4.69) is 9.97 Å². The van der Waals surface area contributed by atoms with E-state index < -0.39 is 5.76 Å². The molecule has 3 heterocycles. The fraction of sp³-hybridized carbons (Fsp3) is 0.118. The van der Waals surface area contributed by atoms with Crippen LogP contribution in [0.3, 0.4) is 0 Å². The Hall–Kier alpha value is -2.93. The molecule has 4 rings (SSSR count). The van der Waals surface area contributed by atoms with Crippen molar-refractivity contribution in [3.63, 3.8) is 0 Å². The van der Waals surface area contributed by atoms with Crippen molar-refractivity contribution in [3.8, 4) is 11.3 Å². The lowest BCUT2D eigenvalue weighted by molar-refractivity contribution is 0.555. The second kappa shape index (κ2) is 5.61. The number of oxazole rings is 1. The van der Waals surface area contributed by atoms with Crippen LogP contribution in [0.2, 0.25) is 0 Å². The second-order valence-electron chi connectivity index (χ2n) is 5.52. The van der Waals surface area contributed by atoms with Crippen LogP contribution in [0.25, 0.3) is 22.4 Å². The van der Waals surface area contributed by atoms with Gasteiger partial charge in [0.1, 0.15) is 5.01 Å². The van der Waals surface area contributed by atoms with E-state index in [-0.39, 0.29) is 5.56 Å². The smallest absolute Gasteiger partial charge is 0.408 e. The topological polar surface area (TPSA) is 80.9 Å². The molecule has 1 aromatic carbocycles. The molecule has 0 aliphatic heterocycles. The lowest BCUT2D eigenvalue weighted by Crippen LogP contribution is -2.19. The summed E-state index contributed by atoms with van der Waals surface area (Å²) in [7, 11) is 0. The summed E-state index contributed by atoms with van der Waals surface area (Å²) in [6.45, 7) is 2.33. The summed E-state index contributed by atoms with van der Waals surface area (Å²) >= 11 is 1.49. The van der Waals surface area contributed by atoms with Gasteiger partial charge in [0.25, 0.3) is 5.56 Å². The number of rotatable bonds is 3. The molecule has 4 aromatic rings. The highest BCUT2D eigenvalue weighted by Gasteiger charge is 2.09. The molecule has 0 aliphatic carbocycles. The summed E-state index contributed by atoms with van der Waals surface area (Å²) in [4.78, 5) is 30.4. The molecule has 0 spiro atoms. The summed E-state index contributed by atoms with van der Waals surface area (Å²) in [5.74, 6) is -0.472. The predicted octanol–water partition coefficient (Wildman–Crippen LogP) is 2.76. The lowest BCUT2D eigenvalue weighted by atomic mass is 10.1. The van der Waals surface area contributed by atoms with E-state index in [1.54, 1.807) is 29.0 Å². The predicted molar refractivity (Wildman–Crippen MR) is 92.5 cm³/mol. The third kappa shape index (κ3) is 2.69. The Morgan fingerprint density at radius 2 is 2.12 bits per heavy atom. The van der Waals surface area contributed by atoms with E-state index in [0.29, 0.717) is 17.6 Å². The van der Waals surface area contributed by atoms with Crippen molar-refractivity contribution in [3.05, 3.63) is 73.4 Å². The van der Waals surface area contributed by atoms with E-state index in [9.17, 15) is 9.59 Å². The number of aromatic amines is 1. The van der Waals surface area contributed by atoms with E-state index >= 15 is 0 Å². The van der Waals surface area contributed by atoms with Crippen LogP contribution in [0, 0.1) is 6.92 Å². The molecular weight excluding hydrogens is 326 g/mol. The van der Waals surface area contributed by atoms with Crippen LogP contribution in [0.4, 0.5) is 0 Å². The molecule has 0 atom stereocenters. The molecule has 120 valence electrons. The van der Waals surface area contributed by atoms with Crippen molar-refractivity contribution < 1.29 is 4.42 Å². The maximum Gasteiger partial charge on any atom is 0.417 e. The number of H-pyrrole nitrogens is 1. The van der Waals surface area contributed by atoms with Crippen LogP contribution < -0.4 is 11.3 Å². The third-order valence-electron chi connectivity index (χ3n) is 3.73. The summed E-state index contributed by atoms with van der Waals surface area (Å²) < 4.78 is 6.71. The summed E-state index contributed by atoms with van der Waals surface area (Å²) in [6.07, 6.45) is 1.78. The second-order valence-corrected chi connectivity index (χ2v) is 6.46. The van der Waals surface area contributed by atoms with Gasteiger partial charge < -0.3 is 8.98 Å². The van der Waals surface area contributed by atoms with Crippen molar-refractivity contribution in [2.24, 2.45) is 0 Å². The highest BCUT2D eigenvalue weighted by atomic mass is 32.1. The van der Waals surface area contributed by atoms with E-state index in [4.69, 9.17) is 4.42 Å². The average molecular weight is 339 g/mol. The number of thiazole rings is 1. The van der Waals surface area contributed by atoms with Crippen LogP contribution in [0.1, 0.15) is 10.6 Å². The number of pyridine rings is 1. The number of nitrogens with zero attached hydrogens (tertiary/aromatic N) is 2. The Morgan fingerprint density at radius 3 is 2.96 bits per heavy atom. The van der Waals surface area contributed by atoms with Gasteiger partial charge in [-0.1, -0.05) is 6.07 Å². The molecule has 24 heavy (non-hydrogen) atoms. The Labute approximate surface area is 140 Å². The maximum atomic E-state index is 12.0. The third-order valence-corrected chi connectivity index (χ3v) is 4.56. The van der Waals surface area contributed by atoms with Gasteiger partial charge in [-0.2, -0.15) is 0 Å². The molecule has 0 bridgehead atoms. The van der Waals surface area contributed by atoms with Crippen molar-refractivity contribution in [2.45, 2.75) is 13.5 Å². The summed E-state index contributed by atoms with van der Waals surface area (Å²) in [5.41, 5.74) is 3.72. The molecule has 6 nitrogen and oxygen atoms in total. The minimum Gasteiger partial charge on any atom is -0.408 e. The standard InChI is InChI=1S/C17H13N3O3S/c1-10-4-5-20(16(21)6-10)8-15-18-13(9-24-15)11-2-3-12-14(7-11)23-17(22)19-12/h2-7,9H,8H2,1H3,(H,19,22). The maximum absolute atomic E-state index is 12.0. The van der Waals surface area contributed by atoms with Gasteiger partial charge in [0.2, 0.25) is 0 Å². The molecule has 3 aromatic heterocycles. The first-order chi connectivity index (χ1) is 11.6. The Bertz CT molecular complexity index is 1150. The summed E-state index contributed by atoms with van der Waals surface area (Å²) in [6, 6.07) is 8.96. The minimum absolute atomic E-state index is 0.0396. The number of aromatic nitrogens is 3. The monoisotopic (exact) mass is 339 g/mol. The number of hydrogen-bond donors (Lipinski definition) is 1. The van der Waals surface area contributed by atoms with Gasteiger partial charge in [-0.3, -0.25) is 9.78 Å². The molecule has 0 saturated carbocycles. The lowest BCUT2D eigenvalue weighted by Gasteiger charge is -2.02. The molecule has 0 saturated heterocycles. The summed E-state index contributed by atoms with van der Waals surface area (Å²) in [5, 5.41) is 2.77. The minimum atomic E-state index is -0.472. The van der Waals surface area contributed by atoms with Crippen LogP contribution in [-0.2, 0) is 6.54 Å². The molecule has 1 N–H and O–H groups in total. The van der Waals surface area contributed by atoms with Crippen molar-refractivity contribution in [1.29, 1.82) is 0 Å². The number of nitrogens with one attached hydrogen (secondary N) is 1. The molecule has 0 amide bonds. The highest BCUT2D eigenvalue weighted by Crippen LogP contribution is 2.25. The molecule has 0 fully saturated rings. The molecule has 0 radical (unpaired) electrons. The largest absolute Gasteiger partial charge is 0.417 e. The van der Waals surface area contributed by atoms with Crippen LogP contribution in [0.15, 0.2) is 55.9 Å².